The van der Waals surface area contributed by atoms with Crippen LogP contribution in [-0.4, -0.2) is 16.1 Å². The molecule has 0 saturated carbocycles. The second-order valence-electron chi connectivity index (χ2n) is 5.03. The molecule has 1 N–H and O–H groups in total. The van der Waals surface area contributed by atoms with Crippen LogP contribution in [0.5, 0.6) is 0 Å². The fourth-order valence-electron chi connectivity index (χ4n) is 2.26. The summed E-state index contributed by atoms with van der Waals surface area (Å²) in [6, 6.07) is 16.4. The summed E-state index contributed by atoms with van der Waals surface area (Å²) in [5, 5.41) is 11.2. The lowest BCUT2D eigenvalue weighted by atomic mass is 10.2. The standard InChI is InChI=1S/C17H10BrN3O3/c18-12-6-3-5-11(8-12)15(22)19-17-21-20-16(24-17)14-9-10-4-1-2-7-13(10)23-14/h1-9H,(H,19,21,22). The molecule has 0 unspecified atom stereocenters. The van der Waals surface area contributed by atoms with Crippen molar-refractivity contribution in [3.05, 3.63) is 64.6 Å². The van der Waals surface area contributed by atoms with Crippen LogP contribution < -0.4 is 5.32 Å². The molecule has 4 aromatic rings. The number of halogens is 1. The smallest absolute Gasteiger partial charge is 0.322 e. The predicted molar refractivity (Wildman–Crippen MR) is 91.6 cm³/mol. The number of rotatable bonds is 3. The molecule has 24 heavy (non-hydrogen) atoms. The van der Waals surface area contributed by atoms with Crippen molar-refractivity contribution < 1.29 is 13.6 Å². The first-order valence-electron chi connectivity index (χ1n) is 7.08. The minimum Gasteiger partial charge on any atom is -0.451 e. The number of furan rings is 1. The maximum atomic E-state index is 12.2. The third kappa shape index (κ3) is 2.81. The van der Waals surface area contributed by atoms with E-state index in [4.69, 9.17) is 8.83 Å². The summed E-state index contributed by atoms with van der Waals surface area (Å²) < 4.78 is 11.9. The molecule has 2 heterocycles. The average Bonchev–Trinajstić information content (AvgIpc) is 3.21. The molecule has 0 fully saturated rings. The van der Waals surface area contributed by atoms with E-state index in [1.807, 2.05) is 36.4 Å². The topological polar surface area (TPSA) is 81.2 Å². The number of aromatic nitrogens is 2. The van der Waals surface area contributed by atoms with Gasteiger partial charge in [-0.3, -0.25) is 10.1 Å². The molecule has 1 amide bonds. The van der Waals surface area contributed by atoms with Crippen molar-refractivity contribution in [1.82, 2.24) is 10.2 Å². The van der Waals surface area contributed by atoms with Gasteiger partial charge in [0.05, 0.1) is 0 Å². The third-order valence-corrected chi connectivity index (χ3v) is 3.86. The van der Waals surface area contributed by atoms with E-state index in [9.17, 15) is 4.79 Å². The first-order chi connectivity index (χ1) is 11.7. The molecule has 0 bridgehead atoms. The normalized spacial score (nSPS) is 10.9. The number of anilines is 1. The van der Waals surface area contributed by atoms with Gasteiger partial charge in [0.15, 0.2) is 5.76 Å². The number of carbonyl (C=O) groups excluding carboxylic acids is 1. The molecule has 0 aliphatic rings. The van der Waals surface area contributed by atoms with Crippen LogP contribution in [0.2, 0.25) is 0 Å². The highest BCUT2D eigenvalue weighted by atomic mass is 79.9. The first kappa shape index (κ1) is 14.6. The SMILES string of the molecule is O=C(Nc1nnc(-c2cc3ccccc3o2)o1)c1cccc(Br)c1. The van der Waals surface area contributed by atoms with Gasteiger partial charge in [-0.25, -0.2) is 0 Å². The van der Waals surface area contributed by atoms with Crippen LogP contribution in [0.15, 0.2) is 67.9 Å². The number of hydrogen-bond acceptors (Lipinski definition) is 5. The maximum Gasteiger partial charge on any atom is 0.322 e. The van der Waals surface area contributed by atoms with Gasteiger partial charge in [-0.1, -0.05) is 45.3 Å². The number of carbonyl (C=O) groups is 1. The third-order valence-electron chi connectivity index (χ3n) is 3.37. The Kier molecular flexibility index (Phi) is 3.62. The van der Waals surface area contributed by atoms with E-state index in [2.05, 4.69) is 31.4 Å². The number of fused-ring (bicyclic) bond motifs is 1. The summed E-state index contributed by atoms with van der Waals surface area (Å²) in [5.41, 5.74) is 1.21. The zero-order valence-electron chi connectivity index (χ0n) is 12.2. The second kappa shape index (κ2) is 5.93. The predicted octanol–water partition coefficient (Wildman–Crippen LogP) is 4.50. The van der Waals surface area contributed by atoms with E-state index in [1.54, 1.807) is 18.2 Å². The molecular weight excluding hydrogens is 374 g/mol. The lowest BCUT2D eigenvalue weighted by Gasteiger charge is -2.00. The molecule has 7 heteroatoms. The Balaban J connectivity index is 1.57. The number of para-hydroxylation sites is 1. The quantitative estimate of drug-likeness (QED) is 0.563. The summed E-state index contributed by atoms with van der Waals surface area (Å²) in [6.07, 6.45) is 0. The Labute approximate surface area is 144 Å². The minimum absolute atomic E-state index is 0.00966. The van der Waals surface area contributed by atoms with Crippen LogP contribution in [0.1, 0.15) is 10.4 Å². The summed E-state index contributed by atoms with van der Waals surface area (Å²) in [4.78, 5) is 12.2. The molecule has 6 nitrogen and oxygen atoms in total. The zero-order chi connectivity index (χ0) is 16.5. The van der Waals surface area contributed by atoms with E-state index < -0.39 is 0 Å². The van der Waals surface area contributed by atoms with Crippen LogP contribution in [0, 0.1) is 0 Å². The lowest BCUT2D eigenvalue weighted by molar-refractivity contribution is 0.102. The minimum atomic E-state index is -0.337. The summed E-state index contributed by atoms with van der Waals surface area (Å²) in [7, 11) is 0. The van der Waals surface area contributed by atoms with Crippen LogP contribution in [-0.2, 0) is 0 Å². The van der Waals surface area contributed by atoms with E-state index in [0.29, 0.717) is 11.3 Å². The number of benzene rings is 2. The van der Waals surface area contributed by atoms with Gasteiger partial charge in [0.2, 0.25) is 0 Å². The number of nitrogens with zero attached hydrogens (tertiary/aromatic N) is 2. The van der Waals surface area contributed by atoms with Crippen molar-refractivity contribution in [2.24, 2.45) is 0 Å². The molecular formula is C17H10BrN3O3. The van der Waals surface area contributed by atoms with Crippen molar-refractivity contribution >= 4 is 38.8 Å². The number of hydrogen-bond donors (Lipinski definition) is 1. The monoisotopic (exact) mass is 383 g/mol. The van der Waals surface area contributed by atoms with Gasteiger partial charge in [0.1, 0.15) is 5.58 Å². The Bertz CT molecular complexity index is 1010. The summed E-state index contributed by atoms with van der Waals surface area (Å²) >= 11 is 3.32. The summed E-state index contributed by atoms with van der Waals surface area (Å²) in [6.45, 7) is 0. The van der Waals surface area contributed by atoms with Gasteiger partial charge < -0.3 is 8.83 Å². The highest BCUT2D eigenvalue weighted by Crippen LogP contribution is 2.27. The molecule has 0 aliphatic carbocycles. The van der Waals surface area contributed by atoms with Gasteiger partial charge in [0.25, 0.3) is 11.8 Å². The van der Waals surface area contributed by atoms with Crippen LogP contribution >= 0.6 is 15.9 Å². The molecule has 2 aromatic heterocycles. The Morgan fingerprint density at radius 1 is 1.00 bits per heavy atom. The molecule has 4 rings (SSSR count). The number of amides is 1. The lowest BCUT2D eigenvalue weighted by Crippen LogP contribution is -2.11. The highest BCUT2D eigenvalue weighted by Gasteiger charge is 2.15. The fourth-order valence-corrected chi connectivity index (χ4v) is 2.66. The molecule has 0 spiro atoms. The maximum absolute atomic E-state index is 12.2. The zero-order valence-corrected chi connectivity index (χ0v) is 13.8. The molecule has 118 valence electrons. The van der Waals surface area contributed by atoms with Crippen molar-refractivity contribution in [2.45, 2.75) is 0 Å². The molecule has 2 aromatic carbocycles. The van der Waals surface area contributed by atoms with Crippen LogP contribution in [0.3, 0.4) is 0 Å². The molecule has 0 saturated heterocycles. The van der Waals surface area contributed by atoms with Gasteiger partial charge in [-0.05, 0) is 30.3 Å². The largest absolute Gasteiger partial charge is 0.451 e. The Morgan fingerprint density at radius 3 is 2.71 bits per heavy atom. The fraction of sp³-hybridized carbons (Fsp3) is 0. The number of nitrogens with one attached hydrogen (secondary N) is 1. The Hall–Kier alpha value is -2.93. The van der Waals surface area contributed by atoms with Gasteiger partial charge >= 0.3 is 6.01 Å². The van der Waals surface area contributed by atoms with E-state index >= 15 is 0 Å². The van der Waals surface area contributed by atoms with E-state index in [1.165, 1.54) is 0 Å². The van der Waals surface area contributed by atoms with Gasteiger partial charge in [-0.15, -0.1) is 5.10 Å². The van der Waals surface area contributed by atoms with Gasteiger partial charge in [-0.2, -0.15) is 0 Å². The van der Waals surface area contributed by atoms with Crippen molar-refractivity contribution in [3.63, 3.8) is 0 Å². The van der Waals surface area contributed by atoms with Crippen LogP contribution in [0.4, 0.5) is 6.01 Å². The summed E-state index contributed by atoms with van der Waals surface area (Å²) in [5.74, 6) is 0.318. The van der Waals surface area contributed by atoms with Gasteiger partial charge in [0, 0.05) is 15.4 Å². The molecule has 0 radical (unpaired) electrons. The van der Waals surface area contributed by atoms with Crippen molar-refractivity contribution in [2.75, 3.05) is 5.32 Å². The second-order valence-corrected chi connectivity index (χ2v) is 5.94. The average molecular weight is 384 g/mol. The molecule has 0 atom stereocenters. The van der Waals surface area contributed by atoms with E-state index in [0.717, 1.165) is 15.4 Å². The first-order valence-corrected chi connectivity index (χ1v) is 7.88. The Morgan fingerprint density at radius 2 is 1.88 bits per heavy atom. The van der Waals surface area contributed by atoms with Crippen molar-refractivity contribution in [1.29, 1.82) is 0 Å². The molecule has 0 aliphatic heterocycles. The van der Waals surface area contributed by atoms with E-state index in [-0.39, 0.29) is 17.8 Å². The highest BCUT2D eigenvalue weighted by molar-refractivity contribution is 9.10. The van der Waals surface area contributed by atoms with Crippen molar-refractivity contribution in [3.8, 4) is 11.7 Å². The van der Waals surface area contributed by atoms with Crippen LogP contribution in [0.25, 0.3) is 22.6 Å².